The van der Waals surface area contributed by atoms with Crippen molar-refractivity contribution in [3.63, 3.8) is 0 Å². The van der Waals surface area contributed by atoms with Gasteiger partial charge in [-0.1, -0.05) is 35.9 Å². The molecule has 0 aliphatic heterocycles. The van der Waals surface area contributed by atoms with Crippen molar-refractivity contribution in [1.82, 2.24) is 15.0 Å². The van der Waals surface area contributed by atoms with Crippen LogP contribution in [0.5, 0.6) is 0 Å². The number of fused-ring (bicyclic) bond motifs is 1. The third-order valence-electron chi connectivity index (χ3n) is 4.26. The lowest BCUT2D eigenvalue weighted by Gasteiger charge is -2.15. The molecule has 0 fully saturated rings. The summed E-state index contributed by atoms with van der Waals surface area (Å²) in [5.74, 6) is -1.27. The molecule has 0 aliphatic rings. The summed E-state index contributed by atoms with van der Waals surface area (Å²) in [6.45, 7) is 1.80. The molecule has 9 heteroatoms. The highest BCUT2D eigenvalue weighted by Gasteiger charge is 2.24. The summed E-state index contributed by atoms with van der Waals surface area (Å²) in [6.07, 6.45) is 1.67. The number of amides is 2. The van der Waals surface area contributed by atoms with Crippen LogP contribution in [0.3, 0.4) is 0 Å². The Morgan fingerprint density at radius 3 is 2.46 bits per heavy atom. The van der Waals surface area contributed by atoms with Gasteiger partial charge in [0.25, 0.3) is 10.0 Å². The fraction of sp³-hybridized carbons (Fsp3) is 0.158. The lowest BCUT2D eigenvalue weighted by Crippen LogP contribution is -2.48. The van der Waals surface area contributed by atoms with Gasteiger partial charge in [0, 0.05) is 23.5 Å². The topological polar surface area (TPSA) is 128 Å². The monoisotopic (exact) mass is 401 g/mol. The highest BCUT2D eigenvalue weighted by molar-refractivity contribution is 7.90. The minimum absolute atomic E-state index is 0.00263. The molecule has 0 radical (unpaired) electrons. The lowest BCUT2D eigenvalue weighted by molar-refractivity contribution is -0.139. The van der Waals surface area contributed by atoms with Gasteiger partial charge in [0.2, 0.25) is 0 Å². The van der Waals surface area contributed by atoms with Gasteiger partial charge < -0.3 is 15.4 Å². The van der Waals surface area contributed by atoms with E-state index in [9.17, 15) is 23.1 Å². The van der Waals surface area contributed by atoms with Crippen LogP contribution in [0.2, 0.25) is 0 Å². The van der Waals surface area contributed by atoms with Crippen LogP contribution < -0.4 is 10.0 Å². The summed E-state index contributed by atoms with van der Waals surface area (Å²) < 4.78 is 26.4. The first kappa shape index (κ1) is 19.4. The summed E-state index contributed by atoms with van der Waals surface area (Å²) in [5, 5.41) is 12.5. The van der Waals surface area contributed by atoms with Crippen molar-refractivity contribution in [2.45, 2.75) is 24.3 Å². The van der Waals surface area contributed by atoms with Gasteiger partial charge in [-0.3, -0.25) is 0 Å². The van der Waals surface area contributed by atoms with Gasteiger partial charge in [0.1, 0.15) is 6.04 Å². The van der Waals surface area contributed by atoms with E-state index in [0.717, 1.165) is 16.5 Å². The third kappa shape index (κ3) is 4.32. The van der Waals surface area contributed by atoms with Gasteiger partial charge in [-0.05, 0) is 30.7 Å². The van der Waals surface area contributed by atoms with Crippen molar-refractivity contribution in [2.24, 2.45) is 0 Å². The number of hydrogen-bond acceptors (Lipinski definition) is 4. The maximum absolute atomic E-state index is 12.3. The summed E-state index contributed by atoms with van der Waals surface area (Å²) in [4.78, 5) is 26.6. The number of rotatable bonds is 6. The first-order valence-corrected chi connectivity index (χ1v) is 9.92. The smallest absolute Gasteiger partial charge is 0.329 e. The molecule has 1 aromatic heterocycles. The number of nitrogens with one attached hydrogen (secondary N) is 3. The second-order valence-electron chi connectivity index (χ2n) is 6.35. The first-order valence-electron chi connectivity index (χ1n) is 8.44. The van der Waals surface area contributed by atoms with Crippen LogP contribution in [-0.4, -0.2) is 36.6 Å². The molecule has 3 aromatic rings. The number of carboxylic acids is 1. The maximum Gasteiger partial charge on any atom is 0.329 e. The van der Waals surface area contributed by atoms with E-state index in [1.54, 1.807) is 25.3 Å². The molecule has 4 N–H and O–H groups in total. The first-order chi connectivity index (χ1) is 13.3. The van der Waals surface area contributed by atoms with Crippen LogP contribution in [0.4, 0.5) is 4.79 Å². The molecule has 0 aliphatic carbocycles. The number of hydrogen-bond donors (Lipinski definition) is 4. The third-order valence-corrected chi connectivity index (χ3v) is 5.61. The van der Waals surface area contributed by atoms with E-state index in [-0.39, 0.29) is 11.3 Å². The second-order valence-corrected chi connectivity index (χ2v) is 8.03. The van der Waals surface area contributed by atoms with Crippen molar-refractivity contribution in [2.75, 3.05) is 0 Å². The Labute approximate surface area is 161 Å². The highest BCUT2D eigenvalue weighted by Crippen LogP contribution is 2.19. The lowest BCUT2D eigenvalue weighted by atomic mass is 10.1. The van der Waals surface area contributed by atoms with Gasteiger partial charge in [0.05, 0.1) is 4.90 Å². The molecule has 3 rings (SSSR count). The SMILES string of the molecule is Cc1ccc(S(=O)(=O)NC(=O)N[C@@H](Cc2c[nH]c3ccccc23)C(=O)O)cc1. The van der Waals surface area contributed by atoms with Crippen LogP contribution in [0.1, 0.15) is 11.1 Å². The number of carbonyl (C=O) groups excluding carboxylic acids is 1. The van der Waals surface area contributed by atoms with Gasteiger partial charge in [0.15, 0.2) is 0 Å². The predicted octanol–water partition coefficient (Wildman–Crippen LogP) is 2.16. The second kappa shape index (κ2) is 7.73. The minimum atomic E-state index is -4.11. The molecular weight excluding hydrogens is 382 g/mol. The number of sulfonamides is 1. The summed E-state index contributed by atoms with van der Waals surface area (Å²) in [5.41, 5.74) is 2.41. The number of aromatic amines is 1. The van der Waals surface area contributed by atoms with E-state index in [2.05, 4.69) is 10.3 Å². The molecule has 0 saturated carbocycles. The zero-order valence-corrected chi connectivity index (χ0v) is 15.8. The largest absolute Gasteiger partial charge is 0.480 e. The number of benzene rings is 2. The molecule has 0 bridgehead atoms. The Hall–Kier alpha value is -3.33. The standard InChI is InChI=1S/C19H19N3O5S/c1-12-6-8-14(9-7-12)28(26,27)22-19(25)21-17(18(23)24)10-13-11-20-16-5-3-2-4-15(13)16/h2-9,11,17,20H,10H2,1H3,(H,23,24)(H2,21,22,25)/t17-/m0/s1. The Morgan fingerprint density at radius 2 is 1.79 bits per heavy atom. The average molecular weight is 401 g/mol. The summed E-state index contributed by atoms with van der Waals surface area (Å²) in [7, 11) is -4.11. The zero-order chi connectivity index (χ0) is 20.3. The number of para-hydroxylation sites is 1. The summed E-state index contributed by atoms with van der Waals surface area (Å²) >= 11 is 0. The molecule has 2 amide bonds. The van der Waals surface area contributed by atoms with Gasteiger partial charge in [-0.25, -0.2) is 22.7 Å². The fourth-order valence-corrected chi connectivity index (χ4v) is 3.72. The van der Waals surface area contributed by atoms with Crippen LogP contribution in [0, 0.1) is 6.92 Å². The van der Waals surface area contributed by atoms with Crippen LogP contribution >= 0.6 is 0 Å². The van der Waals surface area contributed by atoms with E-state index >= 15 is 0 Å². The van der Waals surface area contributed by atoms with Crippen LogP contribution in [0.25, 0.3) is 10.9 Å². The Morgan fingerprint density at radius 1 is 1.11 bits per heavy atom. The highest BCUT2D eigenvalue weighted by atomic mass is 32.2. The fourth-order valence-electron chi connectivity index (χ4n) is 2.81. The molecule has 1 heterocycles. The molecule has 2 aromatic carbocycles. The molecule has 0 saturated heterocycles. The zero-order valence-electron chi connectivity index (χ0n) is 15.0. The van der Waals surface area contributed by atoms with Crippen LogP contribution in [-0.2, 0) is 21.2 Å². The number of aryl methyl sites for hydroxylation is 1. The number of urea groups is 1. The van der Waals surface area contributed by atoms with E-state index in [4.69, 9.17) is 0 Å². The van der Waals surface area contributed by atoms with Crippen molar-refractivity contribution in [1.29, 1.82) is 0 Å². The molecule has 0 unspecified atom stereocenters. The number of H-pyrrole nitrogens is 1. The summed E-state index contributed by atoms with van der Waals surface area (Å²) in [6, 6.07) is 10.9. The molecule has 0 spiro atoms. The van der Waals surface area contributed by atoms with Gasteiger partial charge >= 0.3 is 12.0 Å². The van der Waals surface area contributed by atoms with Crippen molar-refractivity contribution < 1.29 is 23.1 Å². The number of aromatic nitrogens is 1. The van der Waals surface area contributed by atoms with E-state index < -0.39 is 28.1 Å². The quantitative estimate of drug-likeness (QED) is 0.503. The molecule has 28 heavy (non-hydrogen) atoms. The Bertz CT molecular complexity index is 1120. The van der Waals surface area contributed by atoms with E-state index in [0.29, 0.717) is 5.56 Å². The molecule has 146 valence electrons. The van der Waals surface area contributed by atoms with E-state index in [1.807, 2.05) is 29.0 Å². The molecule has 1 atom stereocenters. The van der Waals surface area contributed by atoms with E-state index in [1.165, 1.54) is 12.1 Å². The number of carbonyl (C=O) groups is 2. The minimum Gasteiger partial charge on any atom is -0.480 e. The predicted molar refractivity (Wildman–Crippen MR) is 103 cm³/mol. The van der Waals surface area contributed by atoms with Crippen molar-refractivity contribution in [3.8, 4) is 0 Å². The molecular formula is C19H19N3O5S. The van der Waals surface area contributed by atoms with Crippen molar-refractivity contribution in [3.05, 3.63) is 65.9 Å². The van der Waals surface area contributed by atoms with Gasteiger partial charge in [-0.2, -0.15) is 0 Å². The van der Waals surface area contributed by atoms with Gasteiger partial charge in [-0.15, -0.1) is 0 Å². The number of aliphatic carboxylic acids is 1. The van der Waals surface area contributed by atoms with Crippen molar-refractivity contribution >= 4 is 32.9 Å². The molecule has 8 nitrogen and oxygen atoms in total. The average Bonchev–Trinajstić information content (AvgIpc) is 3.04. The van der Waals surface area contributed by atoms with Crippen LogP contribution in [0.15, 0.2) is 59.6 Å². The Balaban J connectivity index is 1.72. The maximum atomic E-state index is 12.3. The normalized spacial score (nSPS) is 12.5. The number of carboxylic acid groups (broad SMARTS) is 1. The Kier molecular flexibility index (Phi) is 5.36.